The third kappa shape index (κ3) is 2.10. The standard InChI is InChI=1S/C18H28N2/c1-12-6-7-15(8-13(12)2)14(3)20-11-16-9-19-10-17(16)18(20,4)5/h6-8,14,16-17,19H,9-11H2,1-5H3. The molecule has 2 nitrogen and oxygen atoms in total. The molecule has 2 heteroatoms. The lowest BCUT2D eigenvalue weighted by Crippen LogP contribution is -2.45. The van der Waals surface area contributed by atoms with Crippen molar-refractivity contribution < 1.29 is 0 Å². The number of hydrogen-bond acceptors (Lipinski definition) is 2. The van der Waals surface area contributed by atoms with Crippen LogP contribution in [0.3, 0.4) is 0 Å². The average Bonchev–Trinajstić information content (AvgIpc) is 2.95. The van der Waals surface area contributed by atoms with Crippen LogP contribution < -0.4 is 5.32 Å². The molecule has 0 amide bonds. The van der Waals surface area contributed by atoms with Crippen LogP contribution in [0.5, 0.6) is 0 Å². The number of nitrogens with one attached hydrogen (secondary N) is 1. The number of aryl methyl sites for hydroxylation is 2. The molecular weight excluding hydrogens is 244 g/mol. The minimum atomic E-state index is 0.298. The van der Waals surface area contributed by atoms with E-state index in [1.165, 1.54) is 36.3 Å². The fourth-order valence-corrected chi connectivity index (χ4v) is 4.31. The van der Waals surface area contributed by atoms with Gasteiger partial charge in [-0.15, -0.1) is 0 Å². The highest BCUT2D eigenvalue weighted by atomic mass is 15.3. The third-order valence-corrected chi connectivity index (χ3v) is 5.90. The molecule has 1 aromatic rings. The van der Waals surface area contributed by atoms with Gasteiger partial charge in [-0.3, -0.25) is 4.90 Å². The minimum absolute atomic E-state index is 0.298. The van der Waals surface area contributed by atoms with Crippen molar-refractivity contribution in [2.24, 2.45) is 11.8 Å². The zero-order chi connectivity index (χ0) is 14.5. The summed E-state index contributed by atoms with van der Waals surface area (Å²) in [5.74, 6) is 1.63. The molecule has 0 aliphatic carbocycles. The van der Waals surface area contributed by atoms with E-state index >= 15 is 0 Å². The van der Waals surface area contributed by atoms with Gasteiger partial charge < -0.3 is 5.32 Å². The molecule has 2 heterocycles. The maximum atomic E-state index is 3.57. The Morgan fingerprint density at radius 3 is 2.60 bits per heavy atom. The lowest BCUT2D eigenvalue weighted by Gasteiger charge is -2.40. The molecule has 3 unspecified atom stereocenters. The van der Waals surface area contributed by atoms with Crippen LogP contribution in [-0.4, -0.2) is 30.1 Å². The maximum Gasteiger partial charge on any atom is 0.0325 e. The second-order valence-corrected chi connectivity index (χ2v) is 7.35. The smallest absolute Gasteiger partial charge is 0.0325 e. The van der Waals surface area contributed by atoms with E-state index < -0.39 is 0 Å². The molecule has 110 valence electrons. The fraction of sp³-hybridized carbons (Fsp3) is 0.667. The largest absolute Gasteiger partial charge is 0.316 e. The molecule has 0 spiro atoms. The maximum absolute atomic E-state index is 3.57. The lowest BCUT2D eigenvalue weighted by molar-refractivity contribution is 0.0970. The van der Waals surface area contributed by atoms with Gasteiger partial charge in [0, 0.05) is 24.7 Å². The average molecular weight is 272 g/mol. The molecule has 1 N–H and O–H groups in total. The Balaban J connectivity index is 1.87. The minimum Gasteiger partial charge on any atom is -0.316 e. The first-order chi connectivity index (χ1) is 9.41. The van der Waals surface area contributed by atoms with E-state index in [-0.39, 0.29) is 0 Å². The van der Waals surface area contributed by atoms with Crippen molar-refractivity contribution in [3.63, 3.8) is 0 Å². The Kier molecular flexibility index (Phi) is 3.42. The van der Waals surface area contributed by atoms with E-state index in [1.54, 1.807) is 0 Å². The van der Waals surface area contributed by atoms with E-state index in [4.69, 9.17) is 0 Å². The van der Waals surface area contributed by atoms with Crippen LogP contribution in [0.25, 0.3) is 0 Å². The summed E-state index contributed by atoms with van der Waals surface area (Å²) < 4.78 is 0. The van der Waals surface area contributed by atoms with Gasteiger partial charge in [0.2, 0.25) is 0 Å². The first-order valence-electron chi connectivity index (χ1n) is 7.96. The summed E-state index contributed by atoms with van der Waals surface area (Å²) in [4.78, 5) is 2.73. The third-order valence-electron chi connectivity index (χ3n) is 5.90. The summed E-state index contributed by atoms with van der Waals surface area (Å²) in [7, 11) is 0. The number of rotatable bonds is 2. The second kappa shape index (κ2) is 4.85. The summed E-state index contributed by atoms with van der Waals surface area (Å²) in [5.41, 5.74) is 4.57. The van der Waals surface area contributed by atoms with Crippen LogP contribution in [0.2, 0.25) is 0 Å². The Bertz CT molecular complexity index is 506. The van der Waals surface area contributed by atoms with Crippen LogP contribution in [0.1, 0.15) is 43.5 Å². The predicted octanol–water partition coefficient (Wildman–Crippen LogP) is 3.29. The molecule has 0 bridgehead atoms. The number of nitrogens with zero attached hydrogens (tertiary/aromatic N) is 1. The number of benzene rings is 1. The predicted molar refractivity (Wildman–Crippen MR) is 85.0 cm³/mol. The van der Waals surface area contributed by atoms with Crippen LogP contribution in [0.4, 0.5) is 0 Å². The topological polar surface area (TPSA) is 15.3 Å². The quantitative estimate of drug-likeness (QED) is 0.888. The fourth-order valence-electron chi connectivity index (χ4n) is 4.31. The van der Waals surface area contributed by atoms with Crippen LogP contribution in [0.15, 0.2) is 18.2 Å². The van der Waals surface area contributed by atoms with E-state index in [0.717, 1.165) is 11.8 Å². The Morgan fingerprint density at radius 1 is 1.20 bits per heavy atom. The van der Waals surface area contributed by atoms with Crippen molar-refractivity contribution in [2.75, 3.05) is 19.6 Å². The molecule has 2 aliphatic rings. The van der Waals surface area contributed by atoms with Gasteiger partial charge in [0.1, 0.15) is 0 Å². The highest BCUT2D eigenvalue weighted by Crippen LogP contribution is 2.44. The van der Waals surface area contributed by atoms with Crippen molar-refractivity contribution >= 4 is 0 Å². The first kappa shape index (κ1) is 14.1. The Labute approximate surface area is 123 Å². The van der Waals surface area contributed by atoms with E-state index in [1.807, 2.05) is 0 Å². The van der Waals surface area contributed by atoms with Crippen molar-refractivity contribution in [3.05, 3.63) is 34.9 Å². The van der Waals surface area contributed by atoms with E-state index in [0.29, 0.717) is 11.6 Å². The number of hydrogen-bond donors (Lipinski definition) is 1. The molecule has 2 fully saturated rings. The highest BCUT2D eigenvalue weighted by Gasteiger charge is 2.50. The molecule has 0 radical (unpaired) electrons. The Morgan fingerprint density at radius 2 is 1.95 bits per heavy atom. The molecule has 0 aromatic heterocycles. The summed E-state index contributed by atoms with van der Waals surface area (Å²) in [6.07, 6.45) is 0. The molecule has 0 saturated carbocycles. The first-order valence-corrected chi connectivity index (χ1v) is 7.96. The SMILES string of the molecule is Cc1ccc(C(C)N2CC3CNCC3C2(C)C)cc1C. The van der Waals surface area contributed by atoms with Gasteiger partial charge in [-0.1, -0.05) is 18.2 Å². The monoisotopic (exact) mass is 272 g/mol. The van der Waals surface area contributed by atoms with Crippen molar-refractivity contribution in [2.45, 2.75) is 46.2 Å². The number of fused-ring (bicyclic) bond motifs is 1. The van der Waals surface area contributed by atoms with Crippen molar-refractivity contribution in [3.8, 4) is 0 Å². The van der Waals surface area contributed by atoms with Crippen molar-refractivity contribution in [1.29, 1.82) is 0 Å². The van der Waals surface area contributed by atoms with Gasteiger partial charge in [-0.05, 0) is 69.7 Å². The van der Waals surface area contributed by atoms with Crippen molar-refractivity contribution in [1.82, 2.24) is 10.2 Å². The molecule has 1 aromatic carbocycles. The number of likely N-dealkylation sites (tertiary alicyclic amines) is 1. The van der Waals surface area contributed by atoms with Gasteiger partial charge in [0.25, 0.3) is 0 Å². The molecule has 2 aliphatic heterocycles. The molecule has 3 atom stereocenters. The second-order valence-electron chi connectivity index (χ2n) is 7.35. The molecule has 2 saturated heterocycles. The summed E-state index contributed by atoms with van der Waals surface area (Å²) in [6, 6.07) is 7.47. The van der Waals surface area contributed by atoms with Crippen LogP contribution in [0, 0.1) is 25.7 Å². The zero-order valence-corrected chi connectivity index (χ0v) is 13.5. The van der Waals surface area contributed by atoms with Crippen LogP contribution in [-0.2, 0) is 0 Å². The van der Waals surface area contributed by atoms with Gasteiger partial charge in [-0.2, -0.15) is 0 Å². The van der Waals surface area contributed by atoms with Gasteiger partial charge in [-0.25, -0.2) is 0 Å². The Hall–Kier alpha value is -0.860. The lowest BCUT2D eigenvalue weighted by atomic mass is 9.84. The van der Waals surface area contributed by atoms with Crippen LogP contribution >= 0.6 is 0 Å². The normalized spacial score (nSPS) is 30.4. The van der Waals surface area contributed by atoms with Gasteiger partial charge in [0.05, 0.1) is 0 Å². The highest BCUT2D eigenvalue weighted by molar-refractivity contribution is 5.32. The van der Waals surface area contributed by atoms with Gasteiger partial charge >= 0.3 is 0 Å². The summed E-state index contributed by atoms with van der Waals surface area (Å²) in [5, 5.41) is 3.57. The summed E-state index contributed by atoms with van der Waals surface area (Å²) >= 11 is 0. The zero-order valence-electron chi connectivity index (χ0n) is 13.5. The van der Waals surface area contributed by atoms with E-state index in [9.17, 15) is 0 Å². The molecule has 3 rings (SSSR count). The molecule has 20 heavy (non-hydrogen) atoms. The summed E-state index contributed by atoms with van der Waals surface area (Å²) in [6.45, 7) is 15.3. The van der Waals surface area contributed by atoms with Gasteiger partial charge in [0.15, 0.2) is 0 Å². The van der Waals surface area contributed by atoms with E-state index in [2.05, 4.69) is 63.0 Å². The molecular formula is C18H28N2.